The van der Waals surface area contributed by atoms with Crippen LogP contribution in [0.1, 0.15) is 94.1 Å². The molecule has 1 unspecified atom stereocenters. The number of hydrogen-bond acceptors (Lipinski definition) is 8. The molecule has 1 fully saturated rings. The van der Waals surface area contributed by atoms with E-state index in [-0.39, 0.29) is 17.7 Å². The standard InChI is InChI=1S/C43H54N4O6/c1-6-7-8-9-10-24-53-34-20-17-30(18-21-34)33-27-44-39(45-28-33)31-15-13-29(14-16-31)25-36(41(49)47-23-11-12-37(47)42(50)51)46-40(48)32-19-22-35(43(2,3)4)38(26-32)52-5/h13-22,26-28,36-37,41,49H,6-12,23-25H2,1-5H3,(H,46,48)(H,50,51)/t36-,37-,41?/m0/s1. The lowest BCUT2D eigenvalue weighted by Gasteiger charge is -2.33. The highest BCUT2D eigenvalue weighted by Gasteiger charge is 2.38. The molecule has 1 aliphatic heterocycles. The Labute approximate surface area is 313 Å². The van der Waals surface area contributed by atoms with Gasteiger partial charge in [0.25, 0.3) is 5.91 Å². The van der Waals surface area contributed by atoms with Gasteiger partial charge >= 0.3 is 5.97 Å². The molecule has 1 saturated heterocycles. The molecule has 1 amide bonds. The van der Waals surface area contributed by atoms with Gasteiger partial charge in [-0.05, 0) is 72.1 Å². The lowest BCUT2D eigenvalue weighted by atomic mass is 9.85. The maximum Gasteiger partial charge on any atom is 0.320 e. The van der Waals surface area contributed by atoms with E-state index in [2.05, 4.69) is 43.0 Å². The van der Waals surface area contributed by atoms with Crippen LogP contribution in [-0.4, -0.2) is 75.5 Å². The Kier molecular flexibility index (Phi) is 13.6. The molecule has 10 heteroatoms. The summed E-state index contributed by atoms with van der Waals surface area (Å²) in [6.07, 6.45) is 9.76. The fraction of sp³-hybridized carbons (Fsp3) is 0.442. The summed E-state index contributed by atoms with van der Waals surface area (Å²) >= 11 is 0. The highest BCUT2D eigenvalue weighted by atomic mass is 16.5. The molecule has 2 heterocycles. The van der Waals surface area contributed by atoms with E-state index in [1.54, 1.807) is 36.5 Å². The third-order valence-electron chi connectivity index (χ3n) is 9.89. The van der Waals surface area contributed by atoms with Crippen LogP contribution in [0.25, 0.3) is 22.5 Å². The molecular weight excluding hydrogens is 668 g/mol. The molecule has 1 aliphatic rings. The van der Waals surface area contributed by atoms with Gasteiger partial charge in [-0.25, -0.2) is 9.97 Å². The number of carbonyl (C=O) groups excluding carboxylic acids is 1. The number of rotatable bonds is 17. The van der Waals surface area contributed by atoms with Crippen LogP contribution in [0, 0.1) is 0 Å². The minimum absolute atomic E-state index is 0.186. The molecule has 53 heavy (non-hydrogen) atoms. The van der Waals surface area contributed by atoms with Gasteiger partial charge in [-0.15, -0.1) is 0 Å². The van der Waals surface area contributed by atoms with Gasteiger partial charge in [0.15, 0.2) is 5.82 Å². The highest BCUT2D eigenvalue weighted by Crippen LogP contribution is 2.32. The summed E-state index contributed by atoms with van der Waals surface area (Å²) in [7, 11) is 1.58. The first-order valence-corrected chi connectivity index (χ1v) is 18.8. The summed E-state index contributed by atoms with van der Waals surface area (Å²) < 4.78 is 11.5. The average Bonchev–Trinajstić information content (AvgIpc) is 3.66. The SMILES string of the molecule is CCCCCCCOc1ccc(-c2cnc(-c3ccc(C[C@H](NC(=O)c4ccc(C(C)(C)C)c(OC)c4)C(O)N4CCC[C@H]4C(=O)O)cc3)nc2)cc1. The second kappa shape index (κ2) is 18.3. The Morgan fingerprint density at radius 2 is 1.60 bits per heavy atom. The number of nitrogens with zero attached hydrogens (tertiary/aromatic N) is 3. The van der Waals surface area contributed by atoms with Gasteiger partial charge in [0.1, 0.15) is 23.8 Å². The van der Waals surface area contributed by atoms with Crippen LogP contribution in [0.15, 0.2) is 79.1 Å². The van der Waals surface area contributed by atoms with E-state index in [4.69, 9.17) is 9.47 Å². The predicted octanol–water partition coefficient (Wildman–Crippen LogP) is 7.67. The summed E-state index contributed by atoms with van der Waals surface area (Å²) in [5, 5.41) is 24.4. The Bertz CT molecular complexity index is 1790. The normalized spacial score (nSPS) is 15.8. The topological polar surface area (TPSA) is 134 Å². The number of methoxy groups -OCH3 is 1. The van der Waals surface area contributed by atoms with E-state index in [0.717, 1.165) is 46.6 Å². The van der Waals surface area contributed by atoms with Crippen molar-refractivity contribution in [2.75, 3.05) is 20.3 Å². The third-order valence-corrected chi connectivity index (χ3v) is 9.89. The largest absolute Gasteiger partial charge is 0.496 e. The molecular formula is C43H54N4O6. The number of hydrogen-bond donors (Lipinski definition) is 3. The molecule has 0 bridgehead atoms. The summed E-state index contributed by atoms with van der Waals surface area (Å²) in [6, 6.07) is 19.4. The molecule has 0 radical (unpaired) electrons. The van der Waals surface area contributed by atoms with E-state index >= 15 is 0 Å². The van der Waals surface area contributed by atoms with Crippen molar-refractivity contribution >= 4 is 11.9 Å². The molecule has 4 aromatic rings. The number of amides is 1. The average molecular weight is 723 g/mol. The zero-order valence-electron chi connectivity index (χ0n) is 31.7. The van der Waals surface area contributed by atoms with Gasteiger partial charge in [-0.1, -0.05) is 95.8 Å². The van der Waals surface area contributed by atoms with Crippen molar-refractivity contribution in [2.24, 2.45) is 0 Å². The maximum absolute atomic E-state index is 13.6. The van der Waals surface area contributed by atoms with Gasteiger partial charge in [-0.3, -0.25) is 14.5 Å². The fourth-order valence-electron chi connectivity index (χ4n) is 6.85. The summed E-state index contributed by atoms with van der Waals surface area (Å²) in [5.41, 5.74) is 4.74. The number of aliphatic hydroxyl groups excluding tert-OH is 1. The van der Waals surface area contributed by atoms with Crippen molar-refractivity contribution in [2.45, 2.75) is 103 Å². The first-order chi connectivity index (χ1) is 25.5. The van der Waals surface area contributed by atoms with Gasteiger partial charge in [-0.2, -0.15) is 0 Å². The van der Waals surface area contributed by atoms with E-state index < -0.39 is 24.3 Å². The Morgan fingerprint density at radius 3 is 2.25 bits per heavy atom. The number of benzene rings is 3. The van der Waals surface area contributed by atoms with E-state index in [9.17, 15) is 19.8 Å². The minimum Gasteiger partial charge on any atom is -0.496 e. The number of unbranched alkanes of at least 4 members (excludes halogenated alkanes) is 4. The zero-order valence-corrected chi connectivity index (χ0v) is 31.7. The molecule has 3 aromatic carbocycles. The molecule has 3 atom stereocenters. The number of nitrogens with one attached hydrogen (secondary N) is 1. The molecule has 5 rings (SSSR count). The summed E-state index contributed by atoms with van der Waals surface area (Å²) in [4.78, 5) is 36.5. The van der Waals surface area contributed by atoms with Crippen molar-refractivity contribution < 1.29 is 29.3 Å². The van der Waals surface area contributed by atoms with Crippen LogP contribution in [0.2, 0.25) is 0 Å². The molecule has 282 valence electrons. The van der Waals surface area contributed by atoms with Gasteiger partial charge in [0, 0.05) is 35.6 Å². The van der Waals surface area contributed by atoms with Crippen molar-refractivity contribution in [3.63, 3.8) is 0 Å². The lowest BCUT2D eigenvalue weighted by molar-refractivity contribution is -0.147. The maximum atomic E-state index is 13.6. The number of carboxylic acids is 1. The van der Waals surface area contributed by atoms with E-state index in [1.165, 1.54) is 25.7 Å². The Balaban J connectivity index is 1.27. The molecule has 3 N–H and O–H groups in total. The van der Waals surface area contributed by atoms with Crippen LogP contribution in [-0.2, 0) is 16.6 Å². The van der Waals surface area contributed by atoms with Crippen LogP contribution < -0.4 is 14.8 Å². The number of aliphatic carboxylic acids is 1. The minimum atomic E-state index is -1.22. The lowest BCUT2D eigenvalue weighted by Crippen LogP contribution is -2.55. The van der Waals surface area contributed by atoms with Crippen LogP contribution in [0.3, 0.4) is 0 Å². The molecule has 0 spiro atoms. The summed E-state index contributed by atoms with van der Waals surface area (Å²) in [5.74, 6) is 0.656. The summed E-state index contributed by atoms with van der Waals surface area (Å²) in [6.45, 7) is 9.58. The molecule has 0 saturated carbocycles. The monoisotopic (exact) mass is 722 g/mol. The first-order valence-electron chi connectivity index (χ1n) is 18.8. The third kappa shape index (κ3) is 10.4. The van der Waals surface area contributed by atoms with Crippen molar-refractivity contribution in [1.29, 1.82) is 0 Å². The Hall–Kier alpha value is -4.80. The quantitative estimate of drug-likeness (QED) is 0.0939. The van der Waals surface area contributed by atoms with Crippen molar-refractivity contribution in [3.05, 3.63) is 95.8 Å². The number of aliphatic hydroxyl groups is 1. The number of aromatic nitrogens is 2. The molecule has 10 nitrogen and oxygen atoms in total. The zero-order chi connectivity index (χ0) is 38.0. The predicted molar refractivity (Wildman–Crippen MR) is 207 cm³/mol. The number of likely N-dealkylation sites (tertiary alicyclic amines) is 1. The number of carbonyl (C=O) groups is 2. The smallest absolute Gasteiger partial charge is 0.320 e. The van der Waals surface area contributed by atoms with Gasteiger partial charge in [0.05, 0.1) is 19.8 Å². The van der Waals surface area contributed by atoms with E-state index in [1.807, 2.05) is 54.6 Å². The first kappa shape index (κ1) is 39.4. The van der Waals surface area contributed by atoms with Gasteiger partial charge < -0.3 is 25.0 Å². The highest BCUT2D eigenvalue weighted by molar-refractivity contribution is 5.95. The van der Waals surface area contributed by atoms with Crippen LogP contribution in [0.5, 0.6) is 11.5 Å². The molecule has 0 aliphatic carbocycles. The molecule has 1 aromatic heterocycles. The number of ether oxygens (including phenoxy) is 2. The van der Waals surface area contributed by atoms with Crippen LogP contribution in [0.4, 0.5) is 0 Å². The van der Waals surface area contributed by atoms with Crippen molar-refractivity contribution in [3.8, 4) is 34.0 Å². The van der Waals surface area contributed by atoms with Crippen molar-refractivity contribution in [1.82, 2.24) is 20.2 Å². The fourth-order valence-corrected chi connectivity index (χ4v) is 6.85. The van der Waals surface area contributed by atoms with Crippen LogP contribution >= 0.6 is 0 Å². The second-order valence-electron chi connectivity index (χ2n) is 14.9. The Morgan fingerprint density at radius 1 is 0.925 bits per heavy atom. The number of carboxylic acid groups (broad SMARTS) is 1. The second-order valence-corrected chi connectivity index (χ2v) is 14.9. The van der Waals surface area contributed by atoms with E-state index in [0.29, 0.717) is 36.5 Å². The van der Waals surface area contributed by atoms with Gasteiger partial charge in [0.2, 0.25) is 0 Å².